The zero-order chi connectivity index (χ0) is 22.1. The highest BCUT2D eigenvalue weighted by atomic mass is 127. The molecule has 6 nitrogen and oxygen atoms in total. The molecular weight excluding hydrogens is 531 g/mol. The molecule has 0 atom stereocenters. The van der Waals surface area contributed by atoms with Gasteiger partial charge in [0.05, 0.1) is 7.11 Å². The van der Waals surface area contributed by atoms with Crippen molar-refractivity contribution >= 4 is 29.9 Å². The standard InChI is InChI=1S/C23H29F2N3O3.HI/c1-26-22(27-15-17-14-19(29-2)8-9-20(17)31-21(24)25)28-16-23(10-12-30-13-11-23)18-6-4-3-5-7-18;/h3-9,14,21H,10-13,15-16H2,1-2H3,(H2,26,27,28);1H. The zero-order valence-electron chi connectivity index (χ0n) is 18.3. The molecular formula is C23H30F2IN3O3. The summed E-state index contributed by atoms with van der Waals surface area (Å²) >= 11 is 0. The highest BCUT2D eigenvalue weighted by molar-refractivity contribution is 14.0. The van der Waals surface area contributed by atoms with Crippen molar-refractivity contribution in [3.8, 4) is 11.5 Å². The first kappa shape index (κ1) is 26.1. The number of halogens is 3. The summed E-state index contributed by atoms with van der Waals surface area (Å²) in [5.41, 5.74) is 1.75. The third-order valence-electron chi connectivity index (χ3n) is 5.58. The number of nitrogens with zero attached hydrogens (tertiary/aromatic N) is 1. The van der Waals surface area contributed by atoms with Crippen LogP contribution in [0.25, 0.3) is 0 Å². The van der Waals surface area contributed by atoms with E-state index in [0.717, 1.165) is 12.8 Å². The maximum absolute atomic E-state index is 12.8. The van der Waals surface area contributed by atoms with Crippen molar-refractivity contribution in [2.45, 2.75) is 31.4 Å². The van der Waals surface area contributed by atoms with E-state index in [1.165, 1.54) is 18.7 Å². The van der Waals surface area contributed by atoms with Gasteiger partial charge in [-0.1, -0.05) is 30.3 Å². The lowest BCUT2D eigenvalue weighted by atomic mass is 9.74. The van der Waals surface area contributed by atoms with Crippen LogP contribution in [0.5, 0.6) is 11.5 Å². The molecule has 0 aromatic heterocycles. The smallest absolute Gasteiger partial charge is 0.387 e. The highest BCUT2D eigenvalue weighted by Gasteiger charge is 2.34. The fourth-order valence-electron chi connectivity index (χ4n) is 3.81. The summed E-state index contributed by atoms with van der Waals surface area (Å²) in [6.45, 7) is -0.552. The summed E-state index contributed by atoms with van der Waals surface area (Å²) in [5, 5.41) is 6.59. The molecule has 3 rings (SSSR count). The van der Waals surface area contributed by atoms with E-state index in [2.05, 4.69) is 32.5 Å². The first-order valence-corrected chi connectivity index (χ1v) is 10.3. The van der Waals surface area contributed by atoms with Crippen molar-refractivity contribution in [1.82, 2.24) is 10.6 Å². The van der Waals surface area contributed by atoms with Crippen LogP contribution in [0.1, 0.15) is 24.0 Å². The lowest BCUT2D eigenvalue weighted by molar-refractivity contribution is -0.0505. The molecule has 0 saturated carbocycles. The summed E-state index contributed by atoms with van der Waals surface area (Å²) in [5.74, 6) is 1.24. The van der Waals surface area contributed by atoms with Gasteiger partial charge in [0.15, 0.2) is 5.96 Å². The Hall–Kier alpha value is -2.14. The number of guanidine groups is 1. The van der Waals surface area contributed by atoms with E-state index in [1.807, 2.05) is 18.2 Å². The number of methoxy groups -OCH3 is 1. The number of nitrogens with one attached hydrogen (secondary N) is 2. The highest BCUT2D eigenvalue weighted by Crippen LogP contribution is 2.34. The van der Waals surface area contributed by atoms with Gasteiger partial charge in [-0.05, 0) is 36.6 Å². The van der Waals surface area contributed by atoms with Gasteiger partial charge in [0, 0.05) is 44.3 Å². The number of ether oxygens (including phenoxy) is 3. The zero-order valence-corrected chi connectivity index (χ0v) is 20.6. The van der Waals surface area contributed by atoms with Gasteiger partial charge in [-0.3, -0.25) is 4.99 Å². The Balaban J connectivity index is 0.00000363. The van der Waals surface area contributed by atoms with Gasteiger partial charge < -0.3 is 24.8 Å². The molecule has 1 saturated heterocycles. The van der Waals surface area contributed by atoms with Crippen LogP contribution in [-0.2, 0) is 16.7 Å². The largest absolute Gasteiger partial charge is 0.497 e. The van der Waals surface area contributed by atoms with E-state index in [9.17, 15) is 8.78 Å². The molecule has 0 spiro atoms. The number of hydrogen-bond acceptors (Lipinski definition) is 4. The second kappa shape index (κ2) is 12.8. The fourth-order valence-corrected chi connectivity index (χ4v) is 3.81. The van der Waals surface area contributed by atoms with Crippen molar-refractivity contribution in [1.29, 1.82) is 0 Å². The molecule has 2 aromatic carbocycles. The predicted octanol–water partition coefficient (Wildman–Crippen LogP) is 4.33. The molecule has 1 fully saturated rings. The van der Waals surface area contributed by atoms with Crippen molar-refractivity contribution in [2.75, 3.05) is 33.9 Å². The SMILES string of the molecule is CN=C(NCc1cc(OC)ccc1OC(F)F)NCC1(c2ccccc2)CCOCC1.I. The van der Waals surface area contributed by atoms with Crippen LogP contribution in [0.4, 0.5) is 8.78 Å². The van der Waals surface area contributed by atoms with Gasteiger partial charge in [0.2, 0.25) is 0 Å². The molecule has 2 aromatic rings. The second-order valence-corrected chi connectivity index (χ2v) is 7.39. The Labute approximate surface area is 204 Å². The summed E-state index contributed by atoms with van der Waals surface area (Å²) in [6, 6.07) is 15.1. The molecule has 1 aliphatic rings. The van der Waals surface area contributed by atoms with Crippen LogP contribution in [-0.4, -0.2) is 46.5 Å². The minimum absolute atomic E-state index is 0. The Morgan fingerprint density at radius 3 is 2.47 bits per heavy atom. The normalized spacial score (nSPS) is 15.6. The second-order valence-electron chi connectivity index (χ2n) is 7.39. The molecule has 9 heteroatoms. The van der Waals surface area contributed by atoms with Gasteiger partial charge in [-0.25, -0.2) is 0 Å². The Kier molecular flexibility index (Phi) is 10.4. The number of alkyl halides is 2. The van der Waals surface area contributed by atoms with Crippen LogP contribution in [0.3, 0.4) is 0 Å². The lowest BCUT2D eigenvalue weighted by Gasteiger charge is -2.38. The Morgan fingerprint density at radius 1 is 1.12 bits per heavy atom. The summed E-state index contributed by atoms with van der Waals surface area (Å²) in [6.07, 6.45) is 1.81. The van der Waals surface area contributed by atoms with E-state index in [-0.39, 0.29) is 41.7 Å². The number of hydrogen-bond donors (Lipinski definition) is 2. The Morgan fingerprint density at radius 2 is 1.84 bits per heavy atom. The van der Waals surface area contributed by atoms with Crippen molar-refractivity contribution < 1.29 is 23.0 Å². The van der Waals surface area contributed by atoms with Gasteiger partial charge in [0.1, 0.15) is 11.5 Å². The van der Waals surface area contributed by atoms with E-state index in [0.29, 0.717) is 37.0 Å². The van der Waals surface area contributed by atoms with Crippen LogP contribution in [0, 0.1) is 0 Å². The third kappa shape index (κ3) is 6.93. The molecule has 0 bridgehead atoms. The average Bonchev–Trinajstić information content (AvgIpc) is 2.81. The molecule has 0 unspecified atom stereocenters. The monoisotopic (exact) mass is 561 g/mol. The average molecular weight is 561 g/mol. The fraction of sp³-hybridized carbons (Fsp3) is 0.435. The van der Waals surface area contributed by atoms with E-state index >= 15 is 0 Å². The minimum Gasteiger partial charge on any atom is -0.497 e. The predicted molar refractivity (Wildman–Crippen MR) is 131 cm³/mol. The third-order valence-corrected chi connectivity index (χ3v) is 5.58. The van der Waals surface area contributed by atoms with Gasteiger partial charge in [0.25, 0.3) is 0 Å². The Bertz CT molecular complexity index is 863. The van der Waals surface area contributed by atoms with Crippen LogP contribution in [0.15, 0.2) is 53.5 Å². The quantitative estimate of drug-likeness (QED) is 0.286. The summed E-state index contributed by atoms with van der Waals surface area (Å²) < 4.78 is 41.0. The van der Waals surface area contributed by atoms with E-state index < -0.39 is 6.61 Å². The van der Waals surface area contributed by atoms with E-state index in [4.69, 9.17) is 9.47 Å². The van der Waals surface area contributed by atoms with Gasteiger partial charge >= 0.3 is 6.61 Å². The van der Waals surface area contributed by atoms with Crippen molar-refractivity contribution in [3.63, 3.8) is 0 Å². The molecule has 0 radical (unpaired) electrons. The summed E-state index contributed by atoms with van der Waals surface area (Å²) in [7, 11) is 3.20. The van der Waals surface area contributed by atoms with Gasteiger partial charge in [-0.15, -0.1) is 24.0 Å². The minimum atomic E-state index is -2.90. The van der Waals surface area contributed by atoms with E-state index in [1.54, 1.807) is 19.2 Å². The summed E-state index contributed by atoms with van der Waals surface area (Å²) in [4.78, 5) is 4.29. The molecule has 1 heterocycles. The maximum atomic E-state index is 12.8. The van der Waals surface area contributed by atoms with Crippen molar-refractivity contribution in [3.05, 3.63) is 59.7 Å². The number of aliphatic imine (C=N–C) groups is 1. The number of rotatable bonds is 8. The first-order chi connectivity index (χ1) is 15.1. The maximum Gasteiger partial charge on any atom is 0.387 e. The molecule has 176 valence electrons. The van der Waals surface area contributed by atoms with Crippen LogP contribution < -0.4 is 20.1 Å². The lowest BCUT2D eigenvalue weighted by Crippen LogP contribution is -2.47. The van der Waals surface area contributed by atoms with Gasteiger partial charge in [-0.2, -0.15) is 8.78 Å². The molecule has 32 heavy (non-hydrogen) atoms. The topological polar surface area (TPSA) is 64.1 Å². The number of benzene rings is 2. The molecule has 0 aliphatic carbocycles. The molecule has 1 aliphatic heterocycles. The van der Waals surface area contributed by atoms with Crippen molar-refractivity contribution in [2.24, 2.45) is 4.99 Å². The molecule has 2 N–H and O–H groups in total. The van der Waals surface area contributed by atoms with Crippen LogP contribution in [0.2, 0.25) is 0 Å². The molecule has 0 amide bonds. The van der Waals surface area contributed by atoms with Crippen LogP contribution >= 0.6 is 24.0 Å². The first-order valence-electron chi connectivity index (χ1n) is 10.3.